The summed E-state index contributed by atoms with van der Waals surface area (Å²) in [5, 5.41) is 5.42. The van der Waals surface area contributed by atoms with Crippen LogP contribution in [0.5, 0.6) is 5.75 Å². The van der Waals surface area contributed by atoms with Crippen LogP contribution in [0.1, 0.15) is 11.1 Å². The first-order chi connectivity index (χ1) is 11.7. The largest absolute Gasteiger partial charge is 0.496 e. The summed E-state index contributed by atoms with van der Waals surface area (Å²) in [4.78, 5) is 23.6. The predicted octanol–water partition coefficient (Wildman–Crippen LogP) is 1.71. The second-order valence-corrected chi connectivity index (χ2v) is 5.35. The highest BCUT2D eigenvalue weighted by atomic mass is 16.5. The van der Waals surface area contributed by atoms with Crippen molar-refractivity contribution in [1.29, 1.82) is 0 Å². The molecule has 0 saturated carbocycles. The summed E-state index contributed by atoms with van der Waals surface area (Å²) in [5.74, 6) is 0.440. The average Bonchev–Trinajstić information content (AvgIpc) is 2.61. The summed E-state index contributed by atoms with van der Waals surface area (Å²) >= 11 is 0. The van der Waals surface area contributed by atoms with Gasteiger partial charge in [0.2, 0.25) is 11.8 Å². The first-order valence-electron chi connectivity index (χ1n) is 7.88. The predicted molar refractivity (Wildman–Crippen MR) is 92.9 cm³/mol. The molecule has 2 rings (SSSR count). The van der Waals surface area contributed by atoms with Gasteiger partial charge in [0.25, 0.3) is 0 Å². The lowest BCUT2D eigenvalue weighted by Crippen LogP contribution is -2.38. The van der Waals surface area contributed by atoms with Crippen molar-refractivity contribution in [2.45, 2.75) is 12.8 Å². The summed E-state index contributed by atoms with van der Waals surface area (Å²) in [6, 6.07) is 17.1. The molecular weight excluding hydrogens is 304 g/mol. The van der Waals surface area contributed by atoms with Gasteiger partial charge in [-0.2, -0.15) is 0 Å². The molecule has 0 aliphatic carbocycles. The molecule has 0 heterocycles. The quantitative estimate of drug-likeness (QED) is 0.776. The fourth-order valence-corrected chi connectivity index (χ4v) is 2.33. The molecule has 0 unspecified atom stereocenters. The molecule has 0 aliphatic rings. The van der Waals surface area contributed by atoms with Gasteiger partial charge in [0, 0.05) is 6.54 Å². The maximum absolute atomic E-state index is 11.8. The Morgan fingerprint density at radius 3 is 2.38 bits per heavy atom. The van der Waals surface area contributed by atoms with Gasteiger partial charge in [0.05, 0.1) is 20.1 Å². The van der Waals surface area contributed by atoms with Crippen molar-refractivity contribution in [3.8, 4) is 5.75 Å². The minimum absolute atomic E-state index is 0.0163. The number of carbonyl (C=O) groups excluding carboxylic acids is 2. The third-order valence-corrected chi connectivity index (χ3v) is 3.56. The molecular formula is C19H22N2O3. The van der Waals surface area contributed by atoms with Crippen LogP contribution < -0.4 is 15.4 Å². The van der Waals surface area contributed by atoms with Crippen LogP contribution in [-0.2, 0) is 22.4 Å². The highest BCUT2D eigenvalue weighted by Gasteiger charge is 2.07. The molecule has 0 aliphatic heterocycles. The highest BCUT2D eigenvalue weighted by Crippen LogP contribution is 2.17. The summed E-state index contributed by atoms with van der Waals surface area (Å²) < 4.78 is 5.27. The number of benzene rings is 2. The van der Waals surface area contributed by atoms with Gasteiger partial charge in [-0.25, -0.2) is 0 Å². The van der Waals surface area contributed by atoms with Crippen molar-refractivity contribution in [1.82, 2.24) is 10.6 Å². The van der Waals surface area contributed by atoms with E-state index in [-0.39, 0.29) is 24.8 Å². The summed E-state index contributed by atoms with van der Waals surface area (Å²) in [7, 11) is 1.62. The minimum atomic E-state index is -0.202. The van der Waals surface area contributed by atoms with Crippen LogP contribution in [0.25, 0.3) is 0 Å². The molecule has 126 valence electrons. The van der Waals surface area contributed by atoms with E-state index >= 15 is 0 Å². The molecule has 5 nitrogen and oxygen atoms in total. The lowest BCUT2D eigenvalue weighted by atomic mass is 10.1. The zero-order valence-corrected chi connectivity index (χ0v) is 13.7. The van der Waals surface area contributed by atoms with E-state index < -0.39 is 0 Å². The molecule has 5 heteroatoms. The number of para-hydroxylation sites is 1. The van der Waals surface area contributed by atoms with E-state index in [2.05, 4.69) is 10.6 Å². The number of carbonyl (C=O) groups is 2. The summed E-state index contributed by atoms with van der Waals surface area (Å²) in [5.41, 5.74) is 1.96. The van der Waals surface area contributed by atoms with Crippen LogP contribution in [0.3, 0.4) is 0 Å². The normalized spacial score (nSPS) is 10.0. The maximum atomic E-state index is 11.8. The molecule has 0 saturated heterocycles. The van der Waals surface area contributed by atoms with E-state index in [1.165, 1.54) is 0 Å². The minimum Gasteiger partial charge on any atom is -0.496 e. The lowest BCUT2D eigenvalue weighted by Gasteiger charge is -2.09. The molecule has 0 aromatic heterocycles. The van der Waals surface area contributed by atoms with E-state index in [9.17, 15) is 9.59 Å². The second-order valence-electron chi connectivity index (χ2n) is 5.35. The molecule has 24 heavy (non-hydrogen) atoms. The molecule has 2 aromatic carbocycles. The van der Waals surface area contributed by atoms with Crippen LogP contribution in [0.15, 0.2) is 54.6 Å². The van der Waals surface area contributed by atoms with Crippen molar-refractivity contribution in [2.24, 2.45) is 0 Å². The third-order valence-electron chi connectivity index (χ3n) is 3.56. The van der Waals surface area contributed by atoms with E-state index in [4.69, 9.17) is 4.74 Å². The zero-order valence-electron chi connectivity index (χ0n) is 13.7. The number of ether oxygens (including phenoxy) is 1. The van der Waals surface area contributed by atoms with Crippen LogP contribution in [-0.4, -0.2) is 32.0 Å². The SMILES string of the molecule is COc1ccccc1CCNC(=O)CNC(=O)Cc1ccccc1. The van der Waals surface area contributed by atoms with Gasteiger partial charge >= 0.3 is 0 Å². The van der Waals surface area contributed by atoms with Crippen LogP contribution in [0.4, 0.5) is 0 Å². The molecule has 0 spiro atoms. The Labute approximate surface area is 142 Å². The van der Waals surface area contributed by atoms with E-state index in [0.717, 1.165) is 16.9 Å². The Kier molecular flexibility index (Phi) is 6.83. The molecule has 0 radical (unpaired) electrons. The maximum Gasteiger partial charge on any atom is 0.239 e. The zero-order chi connectivity index (χ0) is 17.2. The fourth-order valence-electron chi connectivity index (χ4n) is 2.33. The van der Waals surface area contributed by atoms with Gasteiger partial charge in [-0.1, -0.05) is 48.5 Å². The summed E-state index contributed by atoms with van der Waals surface area (Å²) in [6.07, 6.45) is 0.947. The van der Waals surface area contributed by atoms with E-state index in [1.54, 1.807) is 7.11 Å². The second kappa shape index (κ2) is 9.35. The van der Waals surface area contributed by atoms with Crippen LogP contribution in [0, 0.1) is 0 Å². The van der Waals surface area contributed by atoms with Gasteiger partial charge in [0.15, 0.2) is 0 Å². The Balaban J connectivity index is 1.67. The third kappa shape index (κ3) is 5.76. The van der Waals surface area contributed by atoms with Crippen molar-refractivity contribution in [3.05, 3.63) is 65.7 Å². The topological polar surface area (TPSA) is 67.4 Å². The van der Waals surface area contributed by atoms with E-state index in [1.807, 2.05) is 54.6 Å². The van der Waals surface area contributed by atoms with Gasteiger partial charge < -0.3 is 15.4 Å². The number of amides is 2. The Morgan fingerprint density at radius 2 is 1.62 bits per heavy atom. The number of nitrogens with one attached hydrogen (secondary N) is 2. The molecule has 0 fully saturated rings. The van der Waals surface area contributed by atoms with Crippen molar-refractivity contribution < 1.29 is 14.3 Å². The first-order valence-corrected chi connectivity index (χ1v) is 7.88. The molecule has 2 N–H and O–H groups in total. The number of rotatable bonds is 8. The monoisotopic (exact) mass is 326 g/mol. The fraction of sp³-hybridized carbons (Fsp3) is 0.263. The Bertz CT molecular complexity index is 671. The standard InChI is InChI=1S/C19H22N2O3/c1-24-17-10-6-5-9-16(17)11-12-20-19(23)14-21-18(22)13-15-7-3-2-4-8-15/h2-10H,11-14H2,1H3,(H,20,23)(H,21,22). The van der Waals surface area contributed by atoms with Gasteiger partial charge in [-0.05, 0) is 23.6 Å². The molecule has 2 aromatic rings. The smallest absolute Gasteiger partial charge is 0.239 e. The van der Waals surface area contributed by atoms with Crippen LogP contribution in [0.2, 0.25) is 0 Å². The first kappa shape index (κ1) is 17.5. The van der Waals surface area contributed by atoms with Crippen molar-refractivity contribution >= 4 is 11.8 Å². The Morgan fingerprint density at radius 1 is 0.917 bits per heavy atom. The molecule has 2 amide bonds. The highest BCUT2D eigenvalue weighted by molar-refractivity contribution is 5.85. The molecule has 0 atom stereocenters. The summed E-state index contributed by atoms with van der Waals surface area (Å²) in [6.45, 7) is 0.478. The van der Waals surface area contributed by atoms with Crippen molar-refractivity contribution in [3.63, 3.8) is 0 Å². The van der Waals surface area contributed by atoms with Gasteiger partial charge in [-0.3, -0.25) is 9.59 Å². The lowest BCUT2D eigenvalue weighted by molar-refractivity contribution is -0.125. The molecule has 0 bridgehead atoms. The van der Waals surface area contributed by atoms with Gasteiger partial charge in [0.1, 0.15) is 5.75 Å². The van der Waals surface area contributed by atoms with Gasteiger partial charge in [-0.15, -0.1) is 0 Å². The van der Waals surface area contributed by atoms with E-state index in [0.29, 0.717) is 13.0 Å². The number of hydrogen-bond acceptors (Lipinski definition) is 3. The average molecular weight is 326 g/mol. The Hall–Kier alpha value is -2.82. The number of methoxy groups -OCH3 is 1. The van der Waals surface area contributed by atoms with Crippen LogP contribution >= 0.6 is 0 Å². The number of hydrogen-bond donors (Lipinski definition) is 2. The van der Waals surface area contributed by atoms with Crippen molar-refractivity contribution in [2.75, 3.05) is 20.2 Å².